The minimum Gasteiger partial charge on any atom is -0.480 e. The van der Waals surface area contributed by atoms with Crippen molar-refractivity contribution in [3.63, 3.8) is 0 Å². The number of amides is 1. The smallest absolute Gasteiger partial charge is 0.449 e. The molecule has 1 aromatic carbocycles. The first-order chi connectivity index (χ1) is 11.2. The molecule has 1 aliphatic carbocycles. The van der Waals surface area contributed by atoms with E-state index in [1.165, 1.54) is 12.1 Å². The molecule has 0 aliphatic heterocycles. The fraction of sp³-hybridized carbons (Fsp3) is 0.400. The van der Waals surface area contributed by atoms with Crippen LogP contribution in [0.2, 0.25) is 0 Å². The summed E-state index contributed by atoms with van der Waals surface area (Å²) in [5, 5.41) is 11.6. The van der Waals surface area contributed by atoms with Crippen molar-refractivity contribution in [3.8, 4) is 0 Å². The second-order valence-corrected chi connectivity index (χ2v) is 5.80. The fourth-order valence-electron chi connectivity index (χ4n) is 2.82. The van der Waals surface area contributed by atoms with Crippen LogP contribution in [0.25, 0.3) is 11.0 Å². The number of hydrogen-bond donors (Lipinski definition) is 2. The second kappa shape index (κ2) is 5.50. The second-order valence-electron chi connectivity index (χ2n) is 5.80. The van der Waals surface area contributed by atoms with Crippen molar-refractivity contribution in [2.75, 3.05) is 0 Å². The van der Waals surface area contributed by atoms with Gasteiger partial charge < -0.3 is 15.0 Å². The Kier molecular flexibility index (Phi) is 3.73. The number of aromatic nitrogens is 2. The monoisotopic (exact) mass is 341 g/mol. The van der Waals surface area contributed by atoms with E-state index in [1.54, 1.807) is 12.1 Å². The van der Waals surface area contributed by atoms with Gasteiger partial charge in [0.2, 0.25) is 11.7 Å². The number of rotatable bonds is 4. The van der Waals surface area contributed by atoms with Gasteiger partial charge in [-0.3, -0.25) is 4.79 Å². The number of carbonyl (C=O) groups excluding carboxylic acids is 1. The van der Waals surface area contributed by atoms with E-state index >= 15 is 0 Å². The van der Waals surface area contributed by atoms with Crippen LogP contribution in [0.4, 0.5) is 13.2 Å². The van der Waals surface area contributed by atoms with Crippen LogP contribution in [0, 0.1) is 0 Å². The number of carboxylic acids is 1. The summed E-state index contributed by atoms with van der Waals surface area (Å²) in [5.41, 5.74) is -1.08. The third-order valence-corrected chi connectivity index (χ3v) is 4.21. The highest BCUT2D eigenvalue weighted by Gasteiger charge is 2.46. The van der Waals surface area contributed by atoms with Crippen LogP contribution in [0.3, 0.4) is 0 Å². The zero-order valence-electron chi connectivity index (χ0n) is 12.4. The molecular weight excluding hydrogens is 327 g/mol. The van der Waals surface area contributed by atoms with Crippen LogP contribution < -0.4 is 5.32 Å². The van der Waals surface area contributed by atoms with Crippen molar-refractivity contribution in [2.24, 2.45) is 0 Å². The molecule has 1 fully saturated rings. The van der Waals surface area contributed by atoms with Gasteiger partial charge in [0.15, 0.2) is 0 Å². The number of hydrogen-bond acceptors (Lipinski definition) is 3. The number of para-hydroxylation sites is 2. The van der Waals surface area contributed by atoms with Gasteiger partial charge in [0, 0.05) is 0 Å². The minimum absolute atomic E-state index is 0.120. The van der Waals surface area contributed by atoms with E-state index in [1.807, 2.05) is 0 Å². The van der Waals surface area contributed by atoms with Crippen molar-refractivity contribution >= 4 is 22.9 Å². The number of nitrogens with zero attached hydrogens (tertiary/aromatic N) is 2. The van der Waals surface area contributed by atoms with E-state index in [4.69, 9.17) is 0 Å². The molecule has 128 valence electrons. The Bertz CT molecular complexity index is 809. The molecule has 0 bridgehead atoms. The number of carbonyl (C=O) groups is 2. The molecule has 2 N–H and O–H groups in total. The summed E-state index contributed by atoms with van der Waals surface area (Å²) < 4.78 is 40.3. The molecule has 0 spiro atoms. The van der Waals surface area contributed by atoms with Crippen molar-refractivity contribution in [2.45, 2.75) is 37.5 Å². The molecular formula is C15H14F3N3O3. The van der Waals surface area contributed by atoms with Gasteiger partial charge in [-0.25, -0.2) is 9.78 Å². The van der Waals surface area contributed by atoms with Crippen molar-refractivity contribution in [1.82, 2.24) is 14.9 Å². The molecule has 24 heavy (non-hydrogen) atoms. The topological polar surface area (TPSA) is 84.2 Å². The Morgan fingerprint density at radius 2 is 1.96 bits per heavy atom. The molecule has 0 unspecified atom stereocenters. The van der Waals surface area contributed by atoms with Crippen molar-refractivity contribution in [3.05, 3.63) is 30.1 Å². The lowest BCUT2D eigenvalue weighted by atomic mass is 9.77. The maximum atomic E-state index is 13.2. The quantitative estimate of drug-likeness (QED) is 0.893. The summed E-state index contributed by atoms with van der Waals surface area (Å²) in [4.78, 5) is 27.0. The number of carboxylic acid groups (broad SMARTS) is 1. The largest absolute Gasteiger partial charge is 0.480 e. The molecule has 1 aliphatic rings. The molecule has 3 rings (SSSR count). The summed E-state index contributed by atoms with van der Waals surface area (Å²) in [7, 11) is 0. The van der Waals surface area contributed by atoms with Gasteiger partial charge >= 0.3 is 12.1 Å². The van der Waals surface area contributed by atoms with Gasteiger partial charge in [-0.1, -0.05) is 12.1 Å². The normalized spacial score (nSPS) is 16.6. The Balaban J connectivity index is 1.92. The summed E-state index contributed by atoms with van der Waals surface area (Å²) in [6, 6.07) is 5.95. The highest BCUT2D eigenvalue weighted by Crippen LogP contribution is 2.33. The fourth-order valence-corrected chi connectivity index (χ4v) is 2.82. The number of aliphatic carboxylic acids is 1. The number of nitrogens with one attached hydrogen (secondary N) is 1. The lowest BCUT2D eigenvalue weighted by molar-refractivity contribution is -0.153. The number of fused-ring (bicyclic) bond motifs is 1. The number of alkyl halides is 3. The molecule has 9 heteroatoms. The van der Waals surface area contributed by atoms with Crippen LogP contribution in [0.15, 0.2) is 24.3 Å². The lowest BCUT2D eigenvalue weighted by Crippen LogP contribution is -2.59. The Hall–Kier alpha value is -2.58. The van der Waals surface area contributed by atoms with Crippen molar-refractivity contribution in [1.29, 1.82) is 0 Å². The van der Waals surface area contributed by atoms with Crippen LogP contribution in [-0.4, -0.2) is 32.1 Å². The van der Waals surface area contributed by atoms with Gasteiger partial charge in [-0.2, -0.15) is 13.2 Å². The summed E-state index contributed by atoms with van der Waals surface area (Å²) in [6.07, 6.45) is -3.54. The maximum Gasteiger partial charge on any atom is 0.449 e. The zero-order chi connectivity index (χ0) is 17.5. The third-order valence-electron chi connectivity index (χ3n) is 4.21. The predicted octanol–water partition coefficient (Wildman–Crippen LogP) is 2.18. The van der Waals surface area contributed by atoms with Gasteiger partial charge in [0.25, 0.3) is 0 Å². The van der Waals surface area contributed by atoms with Crippen LogP contribution in [0.5, 0.6) is 0 Å². The van der Waals surface area contributed by atoms with E-state index in [0.29, 0.717) is 6.42 Å². The number of imidazole rings is 1. The first kappa shape index (κ1) is 16.3. The molecule has 1 heterocycles. The van der Waals surface area contributed by atoms with E-state index in [9.17, 15) is 27.9 Å². The average molecular weight is 341 g/mol. The van der Waals surface area contributed by atoms with Gasteiger partial charge in [-0.15, -0.1) is 0 Å². The van der Waals surface area contributed by atoms with Gasteiger partial charge in [-0.05, 0) is 31.4 Å². The molecule has 0 atom stereocenters. The van der Waals surface area contributed by atoms with Crippen LogP contribution in [-0.2, 0) is 22.3 Å². The van der Waals surface area contributed by atoms with E-state index in [2.05, 4.69) is 10.3 Å². The number of benzene rings is 1. The van der Waals surface area contributed by atoms with Crippen molar-refractivity contribution < 1.29 is 27.9 Å². The molecule has 0 saturated heterocycles. The van der Waals surface area contributed by atoms with E-state index in [0.717, 1.165) is 4.57 Å². The van der Waals surface area contributed by atoms with Gasteiger partial charge in [0.05, 0.1) is 11.0 Å². The summed E-state index contributed by atoms with van der Waals surface area (Å²) >= 11 is 0. The average Bonchev–Trinajstić information content (AvgIpc) is 2.81. The molecule has 6 nitrogen and oxygen atoms in total. The molecule has 2 aromatic rings. The summed E-state index contributed by atoms with van der Waals surface area (Å²) in [5.74, 6) is -3.14. The Labute approximate surface area is 134 Å². The predicted molar refractivity (Wildman–Crippen MR) is 77.1 cm³/mol. The maximum absolute atomic E-state index is 13.2. The van der Waals surface area contributed by atoms with E-state index < -0.39 is 36.0 Å². The van der Waals surface area contributed by atoms with E-state index in [-0.39, 0.29) is 23.9 Å². The first-order valence-electron chi connectivity index (χ1n) is 7.30. The Morgan fingerprint density at radius 1 is 1.29 bits per heavy atom. The third kappa shape index (κ3) is 2.70. The van der Waals surface area contributed by atoms with Crippen LogP contribution in [0.1, 0.15) is 25.1 Å². The minimum atomic E-state index is -4.72. The molecule has 1 saturated carbocycles. The molecule has 0 radical (unpaired) electrons. The highest BCUT2D eigenvalue weighted by atomic mass is 19.4. The highest BCUT2D eigenvalue weighted by molar-refractivity contribution is 5.88. The summed E-state index contributed by atoms with van der Waals surface area (Å²) in [6.45, 7) is -0.648. The first-order valence-corrected chi connectivity index (χ1v) is 7.30. The molecule has 1 aromatic heterocycles. The van der Waals surface area contributed by atoms with Crippen LogP contribution >= 0.6 is 0 Å². The SMILES string of the molecule is O=C(Cn1c(C(F)(F)F)nc2ccccc21)NC1(C(=O)O)CCC1. The van der Waals surface area contributed by atoms with Gasteiger partial charge in [0.1, 0.15) is 12.1 Å². The molecule has 1 amide bonds. The lowest BCUT2D eigenvalue weighted by Gasteiger charge is -2.38. The standard InChI is InChI=1S/C15H14F3N3O3/c16-15(17,18)12-19-9-4-1-2-5-10(9)21(12)8-11(22)20-14(13(23)24)6-3-7-14/h1-2,4-5H,3,6-8H2,(H,20,22)(H,23,24). The zero-order valence-corrected chi connectivity index (χ0v) is 12.4. The Morgan fingerprint density at radius 3 is 2.50 bits per heavy atom. The number of halogens is 3.